The van der Waals surface area contributed by atoms with Crippen LogP contribution in [0.3, 0.4) is 0 Å². The number of rotatable bonds is 4. The van der Waals surface area contributed by atoms with Gasteiger partial charge in [-0.3, -0.25) is 9.00 Å². The number of carbonyl (C=O) groups excluding carboxylic acids is 1. The van der Waals surface area contributed by atoms with Gasteiger partial charge in [0.2, 0.25) is 0 Å². The zero-order valence-electron chi connectivity index (χ0n) is 10.7. The largest absolute Gasteiger partial charge is 0.481 e. The normalized spacial score (nSPS) is 25.2. The van der Waals surface area contributed by atoms with E-state index in [0.717, 1.165) is 12.8 Å². The van der Waals surface area contributed by atoms with Crippen LogP contribution in [0, 0.1) is 5.92 Å². The Morgan fingerprint density at radius 1 is 1.44 bits per heavy atom. The van der Waals surface area contributed by atoms with E-state index < -0.39 is 22.7 Å². The van der Waals surface area contributed by atoms with Crippen molar-refractivity contribution in [1.82, 2.24) is 10.2 Å². The Bertz CT molecular complexity index is 338. The van der Waals surface area contributed by atoms with Crippen molar-refractivity contribution in [2.75, 3.05) is 25.1 Å². The maximum atomic E-state index is 11.8. The van der Waals surface area contributed by atoms with Gasteiger partial charge in [0.05, 0.1) is 5.92 Å². The van der Waals surface area contributed by atoms with E-state index in [-0.39, 0.29) is 18.6 Å². The maximum absolute atomic E-state index is 11.8. The molecule has 1 fully saturated rings. The highest BCUT2D eigenvalue weighted by molar-refractivity contribution is 7.85. The van der Waals surface area contributed by atoms with E-state index in [1.165, 1.54) is 4.90 Å². The molecule has 1 unspecified atom stereocenters. The lowest BCUT2D eigenvalue weighted by Crippen LogP contribution is -2.47. The minimum Gasteiger partial charge on any atom is -0.481 e. The van der Waals surface area contributed by atoms with Crippen molar-refractivity contribution in [2.45, 2.75) is 25.8 Å². The highest BCUT2D eigenvalue weighted by Crippen LogP contribution is 2.09. The predicted octanol–water partition coefficient (Wildman–Crippen LogP) is 0.260. The van der Waals surface area contributed by atoms with E-state index in [9.17, 15) is 13.8 Å². The second-order valence-corrected chi connectivity index (χ2v) is 6.39. The molecule has 2 N–H and O–H groups in total. The van der Waals surface area contributed by atoms with Crippen LogP contribution in [-0.4, -0.2) is 57.4 Å². The molecule has 1 aliphatic heterocycles. The Morgan fingerprint density at radius 2 is 2.00 bits per heavy atom. The molecule has 1 rings (SSSR count). The Hall–Kier alpha value is -1.11. The van der Waals surface area contributed by atoms with Crippen molar-refractivity contribution < 1.29 is 18.9 Å². The molecule has 18 heavy (non-hydrogen) atoms. The third kappa shape index (κ3) is 4.64. The van der Waals surface area contributed by atoms with Gasteiger partial charge < -0.3 is 15.3 Å². The number of carbonyl (C=O) groups is 2. The number of carboxylic acids is 1. The number of hydrogen-bond donors (Lipinski definition) is 2. The summed E-state index contributed by atoms with van der Waals surface area (Å²) in [6.07, 6.45) is 1.45. The lowest BCUT2D eigenvalue weighted by atomic mass is 10.1. The molecule has 0 bridgehead atoms. The number of nitrogens with zero attached hydrogens (tertiary/aromatic N) is 1. The average molecular weight is 276 g/mol. The molecule has 0 spiro atoms. The van der Waals surface area contributed by atoms with Gasteiger partial charge >= 0.3 is 12.0 Å². The molecule has 1 heterocycles. The van der Waals surface area contributed by atoms with Crippen molar-refractivity contribution in [3.63, 3.8) is 0 Å². The third-order valence-corrected chi connectivity index (χ3v) is 4.41. The monoisotopic (exact) mass is 276 g/mol. The molecule has 0 aliphatic carbocycles. The van der Waals surface area contributed by atoms with Crippen molar-refractivity contribution in [2.24, 2.45) is 5.92 Å². The maximum Gasteiger partial charge on any atom is 0.317 e. The van der Waals surface area contributed by atoms with Gasteiger partial charge in [-0.2, -0.15) is 0 Å². The number of nitrogens with one attached hydrogen (secondary N) is 1. The topological polar surface area (TPSA) is 86.7 Å². The van der Waals surface area contributed by atoms with E-state index >= 15 is 0 Å². The van der Waals surface area contributed by atoms with Crippen molar-refractivity contribution in [1.29, 1.82) is 0 Å². The van der Waals surface area contributed by atoms with E-state index in [2.05, 4.69) is 5.32 Å². The first-order valence-electron chi connectivity index (χ1n) is 5.99. The first-order chi connectivity index (χ1) is 8.40. The standard InChI is InChI=1S/C11H20N2O4S/c1-8(10(14)15)7-13(2)11(16)12-9-3-5-18(17)6-4-9/h8-9H,3-7H2,1-2H3,(H,12,16)(H,14,15). The average Bonchev–Trinajstić information content (AvgIpc) is 2.31. The van der Waals surface area contributed by atoms with Crippen molar-refractivity contribution in [3.05, 3.63) is 0 Å². The van der Waals surface area contributed by atoms with E-state index in [4.69, 9.17) is 5.11 Å². The summed E-state index contributed by atoms with van der Waals surface area (Å²) in [5.41, 5.74) is 0. The smallest absolute Gasteiger partial charge is 0.317 e. The van der Waals surface area contributed by atoms with E-state index in [0.29, 0.717) is 11.5 Å². The van der Waals surface area contributed by atoms with E-state index in [1.54, 1.807) is 14.0 Å². The summed E-state index contributed by atoms with van der Waals surface area (Å²) in [6, 6.07) is -0.210. The molecular formula is C11H20N2O4S. The molecule has 0 radical (unpaired) electrons. The molecule has 0 aromatic heterocycles. The van der Waals surface area contributed by atoms with Crippen LogP contribution in [0.1, 0.15) is 19.8 Å². The number of aliphatic carboxylic acids is 1. The van der Waals surface area contributed by atoms with Crippen molar-refractivity contribution in [3.8, 4) is 0 Å². The molecule has 0 aromatic rings. The lowest BCUT2D eigenvalue weighted by Gasteiger charge is -2.26. The zero-order valence-corrected chi connectivity index (χ0v) is 11.5. The fourth-order valence-corrected chi connectivity index (χ4v) is 3.09. The number of hydrogen-bond acceptors (Lipinski definition) is 3. The SMILES string of the molecule is CC(CN(C)C(=O)NC1CCS(=O)CC1)C(=O)O. The first kappa shape index (κ1) is 14.9. The molecule has 0 aromatic carbocycles. The second kappa shape index (κ2) is 6.72. The zero-order chi connectivity index (χ0) is 13.7. The van der Waals surface area contributed by atoms with Gasteiger partial charge in [0.1, 0.15) is 0 Å². The van der Waals surface area contributed by atoms with E-state index in [1.807, 2.05) is 0 Å². The van der Waals surface area contributed by atoms with Gasteiger partial charge in [0, 0.05) is 41.9 Å². The van der Waals surface area contributed by atoms with Crippen LogP contribution in [0.15, 0.2) is 0 Å². The fourth-order valence-electron chi connectivity index (χ4n) is 1.79. The summed E-state index contributed by atoms with van der Waals surface area (Å²) in [4.78, 5) is 23.9. The Labute approximate surface area is 109 Å². The van der Waals surface area contributed by atoms with Crippen LogP contribution in [-0.2, 0) is 15.6 Å². The van der Waals surface area contributed by atoms with Gasteiger partial charge in [0.25, 0.3) is 0 Å². The molecule has 1 saturated heterocycles. The van der Waals surface area contributed by atoms with Crippen LogP contribution in [0.25, 0.3) is 0 Å². The van der Waals surface area contributed by atoms with Crippen LogP contribution in [0.2, 0.25) is 0 Å². The molecular weight excluding hydrogens is 256 g/mol. The second-order valence-electron chi connectivity index (χ2n) is 4.69. The minimum absolute atomic E-state index is 0.0535. The van der Waals surface area contributed by atoms with Gasteiger partial charge in [-0.15, -0.1) is 0 Å². The quantitative estimate of drug-likeness (QED) is 0.771. The summed E-state index contributed by atoms with van der Waals surface area (Å²) in [5.74, 6) is -0.247. The molecule has 104 valence electrons. The van der Waals surface area contributed by atoms with Gasteiger partial charge in [-0.25, -0.2) is 4.79 Å². The highest BCUT2D eigenvalue weighted by Gasteiger charge is 2.22. The lowest BCUT2D eigenvalue weighted by molar-refractivity contribution is -0.141. The number of urea groups is 1. The number of carboxylic acid groups (broad SMARTS) is 1. The highest BCUT2D eigenvalue weighted by atomic mass is 32.2. The molecule has 6 nitrogen and oxygen atoms in total. The Balaban J connectivity index is 2.35. The Kier molecular flexibility index (Phi) is 5.58. The summed E-state index contributed by atoms with van der Waals surface area (Å²) in [5, 5.41) is 11.6. The van der Waals surface area contributed by atoms with Gasteiger partial charge in [-0.05, 0) is 12.8 Å². The van der Waals surface area contributed by atoms with Crippen LogP contribution < -0.4 is 5.32 Å². The molecule has 0 saturated carbocycles. The van der Waals surface area contributed by atoms with Crippen LogP contribution in [0.4, 0.5) is 4.79 Å². The Morgan fingerprint density at radius 3 is 2.50 bits per heavy atom. The fraction of sp³-hybridized carbons (Fsp3) is 0.818. The number of amides is 2. The third-order valence-electron chi connectivity index (χ3n) is 3.03. The summed E-state index contributed by atoms with van der Waals surface area (Å²) >= 11 is 0. The summed E-state index contributed by atoms with van der Waals surface area (Å²) < 4.78 is 11.2. The van der Waals surface area contributed by atoms with Crippen molar-refractivity contribution >= 4 is 22.8 Å². The first-order valence-corrected chi connectivity index (χ1v) is 7.48. The summed E-state index contributed by atoms with van der Waals surface area (Å²) in [7, 11) is 0.835. The van der Waals surface area contributed by atoms with Gasteiger partial charge in [0.15, 0.2) is 0 Å². The predicted molar refractivity (Wildman–Crippen MR) is 68.9 cm³/mol. The summed E-state index contributed by atoms with van der Waals surface area (Å²) in [6.45, 7) is 1.75. The van der Waals surface area contributed by atoms with Crippen LogP contribution >= 0.6 is 0 Å². The molecule has 7 heteroatoms. The molecule has 1 aliphatic rings. The molecule has 1 atom stereocenters. The minimum atomic E-state index is -0.914. The van der Waals surface area contributed by atoms with Gasteiger partial charge in [-0.1, -0.05) is 6.92 Å². The molecule has 2 amide bonds. The van der Waals surface area contributed by atoms with Crippen LogP contribution in [0.5, 0.6) is 0 Å².